The van der Waals surface area contributed by atoms with Gasteiger partial charge >= 0.3 is 0 Å². The first kappa shape index (κ1) is 23.3. The Kier molecular flexibility index (Phi) is 6.56. The lowest BCUT2D eigenvalue weighted by Gasteiger charge is -2.28. The van der Waals surface area contributed by atoms with Gasteiger partial charge in [-0.2, -0.15) is 0 Å². The minimum Gasteiger partial charge on any atom is -0.384 e. The van der Waals surface area contributed by atoms with Gasteiger partial charge in [0.25, 0.3) is 5.56 Å². The fourth-order valence-electron chi connectivity index (χ4n) is 5.35. The Morgan fingerprint density at radius 2 is 1.97 bits per heavy atom. The van der Waals surface area contributed by atoms with Gasteiger partial charge in [-0.05, 0) is 62.2 Å². The third-order valence-corrected chi connectivity index (χ3v) is 7.50. The van der Waals surface area contributed by atoms with E-state index >= 15 is 0 Å². The Morgan fingerprint density at radius 1 is 1.08 bits per heavy atom. The van der Waals surface area contributed by atoms with Crippen molar-refractivity contribution < 1.29 is 4.74 Å². The smallest absolute Gasteiger partial charge is 0.261 e. The normalized spacial score (nSPS) is 18.7. The average Bonchev–Trinajstić information content (AvgIpc) is 3.33. The molecule has 0 saturated carbocycles. The van der Waals surface area contributed by atoms with Crippen LogP contribution >= 0.6 is 11.6 Å². The van der Waals surface area contributed by atoms with Gasteiger partial charge in [0.2, 0.25) is 0 Å². The number of imidazole rings is 1. The van der Waals surface area contributed by atoms with Gasteiger partial charge in [0.15, 0.2) is 0 Å². The molecule has 36 heavy (non-hydrogen) atoms. The van der Waals surface area contributed by atoms with Crippen LogP contribution in [-0.4, -0.2) is 60.4 Å². The Labute approximate surface area is 214 Å². The largest absolute Gasteiger partial charge is 0.384 e. The molecule has 2 aliphatic rings. The van der Waals surface area contributed by atoms with Gasteiger partial charge in [0.05, 0.1) is 35.5 Å². The van der Waals surface area contributed by atoms with E-state index in [1.165, 1.54) is 19.3 Å². The number of aromatic amines is 2. The monoisotopic (exact) mass is 506 g/mol. The van der Waals surface area contributed by atoms with E-state index in [9.17, 15) is 4.79 Å². The van der Waals surface area contributed by atoms with Crippen LogP contribution in [0.4, 0.5) is 11.4 Å². The Balaban J connectivity index is 1.38. The van der Waals surface area contributed by atoms with E-state index in [1.54, 1.807) is 6.07 Å². The van der Waals surface area contributed by atoms with Gasteiger partial charge in [-0.3, -0.25) is 4.79 Å². The van der Waals surface area contributed by atoms with Crippen LogP contribution in [0.15, 0.2) is 41.2 Å². The molecule has 2 fully saturated rings. The molecule has 0 bridgehead atoms. The van der Waals surface area contributed by atoms with E-state index in [-0.39, 0.29) is 5.56 Å². The molecule has 1 unspecified atom stereocenters. The Bertz CT molecular complexity index is 1440. The van der Waals surface area contributed by atoms with E-state index in [1.807, 2.05) is 18.2 Å². The first-order valence-electron chi connectivity index (χ1n) is 12.8. The first-order valence-corrected chi connectivity index (χ1v) is 13.2. The number of nitrogens with zero attached hydrogens (tertiary/aromatic N) is 2. The zero-order chi connectivity index (χ0) is 24.5. The molecule has 2 aromatic heterocycles. The molecule has 4 N–H and O–H groups in total. The van der Waals surface area contributed by atoms with E-state index < -0.39 is 0 Å². The maximum atomic E-state index is 13.4. The van der Waals surface area contributed by atoms with Crippen molar-refractivity contribution in [2.45, 2.75) is 31.7 Å². The number of aromatic nitrogens is 3. The number of nitrogens with one attached hydrogen (secondary N) is 4. The van der Waals surface area contributed by atoms with Gasteiger partial charge in [0.1, 0.15) is 11.4 Å². The summed E-state index contributed by atoms with van der Waals surface area (Å²) in [7, 11) is 0. The molecule has 9 heteroatoms. The van der Waals surface area contributed by atoms with Gasteiger partial charge in [-0.1, -0.05) is 18.0 Å². The second-order valence-electron chi connectivity index (χ2n) is 9.64. The van der Waals surface area contributed by atoms with E-state index in [4.69, 9.17) is 21.3 Å². The summed E-state index contributed by atoms with van der Waals surface area (Å²) in [5.74, 6) is 0.547. The van der Waals surface area contributed by atoms with Crippen LogP contribution in [0.3, 0.4) is 0 Å². The van der Waals surface area contributed by atoms with E-state index in [0.29, 0.717) is 22.5 Å². The minimum atomic E-state index is -0.185. The molecule has 0 spiro atoms. The predicted molar refractivity (Wildman–Crippen MR) is 146 cm³/mol. The van der Waals surface area contributed by atoms with Crippen molar-refractivity contribution in [3.8, 4) is 11.4 Å². The Hall–Kier alpha value is -3.07. The summed E-state index contributed by atoms with van der Waals surface area (Å²) in [5.41, 5.74) is 4.68. The highest BCUT2D eigenvalue weighted by Gasteiger charge is 2.20. The molecular weight excluding hydrogens is 476 g/mol. The topological polar surface area (TPSA) is 98.1 Å². The lowest BCUT2D eigenvalue weighted by Crippen LogP contribution is -2.36. The summed E-state index contributed by atoms with van der Waals surface area (Å²) in [5, 5.41) is 8.68. The molecule has 0 amide bonds. The molecule has 6 rings (SSSR count). The zero-order valence-electron chi connectivity index (χ0n) is 20.2. The number of fused-ring (bicyclic) bond motifs is 2. The van der Waals surface area contributed by atoms with Crippen molar-refractivity contribution in [3.63, 3.8) is 0 Å². The number of rotatable bonds is 6. The molecule has 2 saturated heterocycles. The molecule has 0 radical (unpaired) electrons. The predicted octanol–water partition coefficient (Wildman–Crippen LogP) is 4.51. The number of halogens is 1. The number of ether oxygens (including phenoxy) is 1. The fourth-order valence-corrected chi connectivity index (χ4v) is 5.52. The molecule has 188 valence electrons. The SMILES string of the molecule is O=c1[nH]c2ccc(Cl)cc2c(NCCC2CCCCN2)c1-c1nc2ccc(N3CCOCC3)cc2[nH]1. The summed E-state index contributed by atoms with van der Waals surface area (Å²) in [6.07, 6.45) is 4.67. The molecular formula is C27H31ClN6O2. The van der Waals surface area contributed by atoms with E-state index in [0.717, 1.165) is 79.1 Å². The number of H-pyrrole nitrogens is 2. The summed E-state index contributed by atoms with van der Waals surface area (Å²) in [6, 6.07) is 12.2. The van der Waals surface area contributed by atoms with Crippen molar-refractivity contribution in [2.24, 2.45) is 0 Å². The number of hydrogen-bond donors (Lipinski definition) is 4. The molecule has 4 heterocycles. The molecule has 0 aliphatic carbocycles. The quantitative estimate of drug-likeness (QED) is 0.307. The Morgan fingerprint density at radius 3 is 2.81 bits per heavy atom. The highest BCUT2D eigenvalue weighted by atomic mass is 35.5. The average molecular weight is 507 g/mol. The summed E-state index contributed by atoms with van der Waals surface area (Å²) in [4.78, 5) is 26.9. The van der Waals surface area contributed by atoms with E-state index in [2.05, 4.69) is 37.6 Å². The fraction of sp³-hybridized carbons (Fsp3) is 0.407. The van der Waals surface area contributed by atoms with Crippen molar-refractivity contribution in [3.05, 3.63) is 51.8 Å². The number of pyridine rings is 1. The third-order valence-electron chi connectivity index (χ3n) is 7.26. The van der Waals surface area contributed by atoms with Crippen molar-refractivity contribution in [1.82, 2.24) is 20.3 Å². The second-order valence-corrected chi connectivity index (χ2v) is 10.1. The second kappa shape index (κ2) is 10.1. The van der Waals surface area contributed by atoms with Crippen LogP contribution in [-0.2, 0) is 4.74 Å². The van der Waals surface area contributed by atoms with Crippen molar-refractivity contribution in [1.29, 1.82) is 0 Å². The number of piperidine rings is 1. The van der Waals surface area contributed by atoms with Crippen LogP contribution in [0.1, 0.15) is 25.7 Å². The van der Waals surface area contributed by atoms with Crippen LogP contribution in [0, 0.1) is 0 Å². The molecule has 2 aliphatic heterocycles. The van der Waals surface area contributed by atoms with Gasteiger partial charge < -0.3 is 30.2 Å². The summed E-state index contributed by atoms with van der Waals surface area (Å²) in [6.45, 7) is 5.00. The minimum absolute atomic E-state index is 0.185. The molecule has 1 atom stereocenters. The van der Waals surface area contributed by atoms with Gasteiger partial charge in [0, 0.05) is 41.8 Å². The van der Waals surface area contributed by atoms with Crippen LogP contribution < -0.4 is 21.1 Å². The highest BCUT2D eigenvalue weighted by Crippen LogP contribution is 2.33. The number of hydrogen-bond acceptors (Lipinski definition) is 6. The lowest BCUT2D eigenvalue weighted by atomic mass is 10.0. The van der Waals surface area contributed by atoms with Gasteiger partial charge in [-0.15, -0.1) is 0 Å². The number of benzene rings is 2. The molecule has 2 aromatic carbocycles. The van der Waals surface area contributed by atoms with Crippen molar-refractivity contribution in [2.75, 3.05) is 49.6 Å². The standard InChI is InChI=1S/C27H31ClN6O2/c28-17-4-6-21-20(15-17)25(30-10-8-18-3-1-2-9-29-18)24(27(35)33-21)26-31-22-7-5-19(16-23(22)32-26)34-11-13-36-14-12-34/h4-7,15-16,18,29H,1-3,8-14H2,(H,31,32)(H2,30,33,35). The maximum absolute atomic E-state index is 13.4. The summed E-state index contributed by atoms with van der Waals surface area (Å²) >= 11 is 6.37. The lowest BCUT2D eigenvalue weighted by molar-refractivity contribution is 0.122. The first-order chi connectivity index (χ1) is 17.7. The number of anilines is 2. The van der Waals surface area contributed by atoms with Crippen LogP contribution in [0.2, 0.25) is 5.02 Å². The zero-order valence-corrected chi connectivity index (χ0v) is 21.0. The van der Waals surface area contributed by atoms with Crippen LogP contribution in [0.25, 0.3) is 33.3 Å². The van der Waals surface area contributed by atoms with Crippen LogP contribution in [0.5, 0.6) is 0 Å². The van der Waals surface area contributed by atoms with Crippen molar-refractivity contribution >= 4 is 44.9 Å². The molecule has 4 aromatic rings. The highest BCUT2D eigenvalue weighted by molar-refractivity contribution is 6.31. The maximum Gasteiger partial charge on any atom is 0.261 e. The summed E-state index contributed by atoms with van der Waals surface area (Å²) < 4.78 is 5.49. The number of morpholine rings is 1. The molecule has 8 nitrogen and oxygen atoms in total. The van der Waals surface area contributed by atoms with Gasteiger partial charge in [-0.25, -0.2) is 4.98 Å². The third kappa shape index (κ3) is 4.68.